The molecule has 2 aromatic rings. The van der Waals surface area contributed by atoms with Gasteiger partial charge in [-0.15, -0.1) is 10.2 Å². The third-order valence-electron chi connectivity index (χ3n) is 3.45. The van der Waals surface area contributed by atoms with E-state index in [2.05, 4.69) is 41.5 Å². The maximum Gasteiger partial charge on any atom is 0.147 e. The summed E-state index contributed by atoms with van der Waals surface area (Å²) < 4.78 is 5.53. The molecule has 1 aliphatic heterocycles. The molecule has 20 heavy (non-hydrogen) atoms. The molecule has 5 heteroatoms. The van der Waals surface area contributed by atoms with Crippen molar-refractivity contribution < 1.29 is 4.74 Å². The van der Waals surface area contributed by atoms with Gasteiger partial charge in [-0.3, -0.25) is 0 Å². The van der Waals surface area contributed by atoms with Gasteiger partial charge in [0.2, 0.25) is 0 Å². The Bertz CT molecular complexity index is 597. The SMILES string of the molecule is CCCNC(C)c1nnc(-c2ccc3c(c2)CCO3)s1. The minimum Gasteiger partial charge on any atom is -0.493 e. The van der Waals surface area contributed by atoms with Crippen LogP contribution in [0.15, 0.2) is 18.2 Å². The summed E-state index contributed by atoms with van der Waals surface area (Å²) in [7, 11) is 0. The second kappa shape index (κ2) is 5.89. The lowest BCUT2D eigenvalue weighted by molar-refractivity contribution is 0.357. The first-order valence-corrected chi connectivity index (χ1v) is 7.92. The van der Waals surface area contributed by atoms with Crippen LogP contribution < -0.4 is 10.1 Å². The maximum atomic E-state index is 5.53. The first-order valence-electron chi connectivity index (χ1n) is 7.11. The second-order valence-electron chi connectivity index (χ2n) is 5.04. The van der Waals surface area contributed by atoms with E-state index in [0.717, 1.165) is 47.3 Å². The normalized spacial score (nSPS) is 14.9. The van der Waals surface area contributed by atoms with Crippen LogP contribution in [0.5, 0.6) is 5.75 Å². The van der Waals surface area contributed by atoms with Gasteiger partial charge >= 0.3 is 0 Å². The zero-order valence-corrected chi connectivity index (χ0v) is 12.7. The molecule has 1 aromatic carbocycles. The second-order valence-corrected chi connectivity index (χ2v) is 6.05. The van der Waals surface area contributed by atoms with Crippen molar-refractivity contribution in [2.45, 2.75) is 32.7 Å². The van der Waals surface area contributed by atoms with Crippen LogP contribution in [0.1, 0.15) is 36.9 Å². The molecule has 1 N–H and O–H groups in total. The van der Waals surface area contributed by atoms with E-state index in [1.54, 1.807) is 11.3 Å². The minimum atomic E-state index is 0.263. The number of nitrogens with one attached hydrogen (secondary N) is 1. The quantitative estimate of drug-likeness (QED) is 0.918. The summed E-state index contributed by atoms with van der Waals surface area (Å²) in [5, 5.41) is 14.1. The number of fused-ring (bicyclic) bond motifs is 1. The van der Waals surface area contributed by atoms with Crippen LogP contribution in [0.2, 0.25) is 0 Å². The van der Waals surface area contributed by atoms with Crippen molar-refractivity contribution in [3.63, 3.8) is 0 Å². The molecule has 1 aromatic heterocycles. The van der Waals surface area contributed by atoms with Crippen molar-refractivity contribution in [3.05, 3.63) is 28.8 Å². The van der Waals surface area contributed by atoms with Crippen LogP contribution in [-0.2, 0) is 6.42 Å². The molecule has 0 saturated carbocycles. The highest BCUT2D eigenvalue weighted by atomic mass is 32.1. The Morgan fingerprint density at radius 3 is 3.15 bits per heavy atom. The van der Waals surface area contributed by atoms with Crippen molar-refractivity contribution in [1.82, 2.24) is 15.5 Å². The van der Waals surface area contributed by atoms with Crippen molar-refractivity contribution >= 4 is 11.3 Å². The highest BCUT2D eigenvalue weighted by Gasteiger charge is 2.16. The van der Waals surface area contributed by atoms with E-state index in [1.807, 2.05) is 6.07 Å². The van der Waals surface area contributed by atoms with E-state index in [4.69, 9.17) is 4.74 Å². The van der Waals surface area contributed by atoms with Gasteiger partial charge in [-0.05, 0) is 43.7 Å². The standard InChI is InChI=1S/C15H19N3OS/c1-3-7-16-10(2)14-17-18-15(20-14)12-4-5-13-11(9-12)6-8-19-13/h4-5,9-10,16H,3,6-8H2,1-2H3. The Kier molecular flexibility index (Phi) is 3.98. The number of ether oxygens (including phenoxy) is 1. The van der Waals surface area contributed by atoms with Gasteiger partial charge in [0.15, 0.2) is 0 Å². The summed E-state index contributed by atoms with van der Waals surface area (Å²) in [5.74, 6) is 1.01. The van der Waals surface area contributed by atoms with Gasteiger partial charge in [0.1, 0.15) is 15.8 Å². The van der Waals surface area contributed by atoms with Crippen LogP contribution in [0.4, 0.5) is 0 Å². The molecule has 106 valence electrons. The number of benzene rings is 1. The predicted molar refractivity (Wildman–Crippen MR) is 81.3 cm³/mol. The molecule has 0 saturated heterocycles. The lowest BCUT2D eigenvalue weighted by Gasteiger charge is -2.08. The molecule has 1 aliphatic rings. The van der Waals surface area contributed by atoms with Gasteiger partial charge in [0, 0.05) is 12.0 Å². The number of aromatic nitrogens is 2. The zero-order chi connectivity index (χ0) is 13.9. The van der Waals surface area contributed by atoms with E-state index in [9.17, 15) is 0 Å². The molecule has 3 rings (SSSR count). The van der Waals surface area contributed by atoms with Crippen LogP contribution >= 0.6 is 11.3 Å². The van der Waals surface area contributed by atoms with Crippen LogP contribution in [0.25, 0.3) is 10.6 Å². The van der Waals surface area contributed by atoms with Gasteiger partial charge in [0.25, 0.3) is 0 Å². The predicted octanol–water partition coefficient (Wildman–Crippen LogP) is 3.20. The third-order valence-corrected chi connectivity index (χ3v) is 4.60. The fourth-order valence-electron chi connectivity index (χ4n) is 2.29. The average Bonchev–Trinajstić information content (AvgIpc) is 3.12. The van der Waals surface area contributed by atoms with Gasteiger partial charge < -0.3 is 10.1 Å². The van der Waals surface area contributed by atoms with Gasteiger partial charge in [-0.2, -0.15) is 0 Å². The number of nitrogens with zero attached hydrogens (tertiary/aromatic N) is 2. The number of rotatable bonds is 5. The minimum absolute atomic E-state index is 0.263. The summed E-state index contributed by atoms with van der Waals surface area (Å²) in [6.07, 6.45) is 2.12. The third kappa shape index (κ3) is 2.69. The molecule has 0 aliphatic carbocycles. The van der Waals surface area contributed by atoms with E-state index >= 15 is 0 Å². The highest BCUT2D eigenvalue weighted by Crippen LogP contribution is 2.32. The Balaban J connectivity index is 1.79. The Labute approximate surface area is 123 Å². The zero-order valence-electron chi connectivity index (χ0n) is 11.8. The number of hydrogen-bond donors (Lipinski definition) is 1. The van der Waals surface area contributed by atoms with Gasteiger partial charge in [-0.1, -0.05) is 18.3 Å². The van der Waals surface area contributed by atoms with Gasteiger partial charge in [0.05, 0.1) is 12.6 Å². The smallest absolute Gasteiger partial charge is 0.147 e. The molecule has 1 unspecified atom stereocenters. The molecule has 0 fully saturated rings. The highest BCUT2D eigenvalue weighted by molar-refractivity contribution is 7.14. The van der Waals surface area contributed by atoms with Crippen molar-refractivity contribution in [3.8, 4) is 16.3 Å². The molecule has 0 amide bonds. The van der Waals surface area contributed by atoms with Crippen LogP contribution in [0, 0.1) is 0 Å². The number of hydrogen-bond acceptors (Lipinski definition) is 5. The Hall–Kier alpha value is -1.46. The summed E-state index contributed by atoms with van der Waals surface area (Å²) in [5.41, 5.74) is 2.41. The lowest BCUT2D eigenvalue weighted by atomic mass is 10.1. The monoisotopic (exact) mass is 289 g/mol. The van der Waals surface area contributed by atoms with Crippen molar-refractivity contribution in [1.29, 1.82) is 0 Å². The summed E-state index contributed by atoms with van der Waals surface area (Å²) >= 11 is 1.66. The summed E-state index contributed by atoms with van der Waals surface area (Å²) in [4.78, 5) is 0. The molecule has 2 heterocycles. The first-order chi connectivity index (χ1) is 9.78. The van der Waals surface area contributed by atoms with E-state index in [0.29, 0.717) is 0 Å². The first kappa shape index (κ1) is 13.5. The lowest BCUT2D eigenvalue weighted by Crippen LogP contribution is -2.18. The van der Waals surface area contributed by atoms with E-state index in [1.165, 1.54) is 5.56 Å². The van der Waals surface area contributed by atoms with E-state index < -0.39 is 0 Å². The Morgan fingerprint density at radius 1 is 1.40 bits per heavy atom. The molecule has 0 radical (unpaired) electrons. The molecule has 4 nitrogen and oxygen atoms in total. The molecular formula is C15H19N3OS. The fraction of sp³-hybridized carbons (Fsp3) is 0.467. The van der Waals surface area contributed by atoms with Gasteiger partial charge in [-0.25, -0.2) is 0 Å². The van der Waals surface area contributed by atoms with Crippen LogP contribution in [-0.4, -0.2) is 23.3 Å². The average molecular weight is 289 g/mol. The van der Waals surface area contributed by atoms with Crippen molar-refractivity contribution in [2.75, 3.05) is 13.2 Å². The van der Waals surface area contributed by atoms with Crippen LogP contribution in [0.3, 0.4) is 0 Å². The fourth-order valence-corrected chi connectivity index (χ4v) is 3.16. The topological polar surface area (TPSA) is 47.0 Å². The van der Waals surface area contributed by atoms with Crippen molar-refractivity contribution in [2.24, 2.45) is 0 Å². The Morgan fingerprint density at radius 2 is 2.30 bits per heavy atom. The molecule has 0 spiro atoms. The molecular weight excluding hydrogens is 270 g/mol. The summed E-state index contributed by atoms with van der Waals surface area (Å²) in [6.45, 7) is 6.10. The molecule has 1 atom stereocenters. The maximum absolute atomic E-state index is 5.53. The van der Waals surface area contributed by atoms with E-state index in [-0.39, 0.29) is 6.04 Å². The largest absolute Gasteiger partial charge is 0.493 e. The molecule has 0 bridgehead atoms. The summed E-state index contributed by atoms with van der Waals surface area (Å²) in [6, 6.07) is 6.55.